The van der Waals surface area contributed by atoms with Gasteiger partial charge in [0.1, 0.15) is 0 Å². The highest BCUT2D eigenvalue weighted by Crippen LogP contribution is 2.33. The zero-order valence-electron chi connectivity index (χ0n) is 15.7. The van der Waals surface area contributed by atoms with Gasteiger partial charge in [0, 0.05) is 12.1 Å². The van der Waals surface area contributed by atoms with Crippen LogP contribution in [-0.2, 0) is 16.4 Å². The second-order valence-corrected chi connectivity index (χ2v) is 10.2. The van der Waals surface area contributed by atoms with Crippen molar-refractivity contribution in [2.75, 3.05) is 22.4 Å². The maximum atomic E-state index is 12.7. The zero-order chi connectivity index (χ0) is 19.7. The topological polar surface area (TPSA) is 98.1 Å². The molecule has 0 N–H and O–H groups in total. The number of thioether (sulfide) groups is 1. The van der Waals surface area contributed by atoms with Crippen molar-refractivity contribution in [3.8, 4) is 0 Å². The van der Waals surface area contributed by atoms with Gasteiger partial charge in [-0.3, -0.25) is 9.10 Å². The molecule has 2 aromatic rings. The van der Waals surface area contributed by atoms with Gasteiger partial charge in [-0.1, -0.05) is 24.6 Å². The highest BCUT2D eigenvalue weighted by atomic mass is 32.2. The van der Waals surface area contributed by atoms with E-state index >= 15 is 0 Å². The number of tetrazole rings is 1. The van der Waals surface area contributed by atoms with Crippen molar-refractivity contribution in [2.45, 2.75) is 50.2 Å². The molecule has 2 aliphatic rings. The molecule has 0 spiro atoms. The van der Waals surface area contributed by atoms with Crippen LogP contribution < -0.4 is 4.31 Å². The van der Waals surface area contributed by atoms with Crippen LogP contribution in [0.5, 0.6) is 0 Å². The number of aromatic nitrogens is 4. The number of sulfonamides is 1. The Hall–Kier alpha value is -1.94. The van der Waals surface area contributed by atoms with Crippen LogP contribution in [0, 0.1) is 0 Å². The Morgan fingerprint density at radius 2 is 2.07 bits per heavy atom. The van der Waals surface area contributed by atoms with Crippen LogP contribution >= 0.6 is 11.8 Å². The summed E-state index contributed by atoms with van der Waals surface area (Å²) in [4.78, 5) is 12.7. The molecular weight excluding hydrogens is 398 g/mol. The molecule has 0 bridgehead atoms. The predicted molar refractivity (Wildman–Crippen MR) is 107 cm³/mol. The number of rotatable bonds is 7. The van der Waals surface area contributed by atoms with E-state index in [0.717, 1.165) is 18.4 Å². The minimum atomic E-state index is -3.28. The second-order valence-electron chi connectivity index (χ2n) is 7.12. The van der Waals surface area contributed by atoms with Gasteiger partial charge in [-0.2, -0.15) is 0 Å². The first-order valence-corrected chi connectivity index (χ1v) is 12.2. The van der Waals surface area contributed by atoms with E-state index in [0.29, 0.717) is 35.4 Å². The molecule has 0 unspecified atom stereocenters. The first-order chi connectivity index (χ1) is 13.5. The molecule has 0 amide bonds. The first kappa shape index (κ1) is 19.4. The van der Waals surface area contributed by atoms with Gasteiger partial charge in [0.05, 0.1) is 23.2 Å². The lowest BCUT2D eigenvalue weighted by Gasteiger charge is -2.18. The molecule has 1 aliphatic heterocycles. The van der Waals surface area contributed by atoms with Gasteiger partial charge < -0.3 is 0 Å². The van der Waals surface area contributed by atoms with E-state index < -0.39 is 10.0 Å². The normalized spacial score (nSPS) is 17.2. The van der Waals surface area contributed by atoms with Gasteiger partial charge in [-0.05, 0) is 60.4 Å². The van der Waals surface area contributed by atoms with Gasteiger partial charge in [-0.25, -0.2) is 13.1 Å². The minimum Gasteiger partial charge on any atom is -0.293 e. The summed E-state index contributed by atoms with van der Waals surface area (Å²) in [5, 5.41) is 12.6. The molecule has 1 fully saturated rings. The van der Waals surface area contributed by atoms with Crippen LogP contribution in [0.1, 0.15) is 54.6 Å². The van der Waals surface area contributed by atoms with Gasteiger partial charge in [0.25, 0.3) is 0 Å². The third kappa shape index (κ3) is 3.67. The molecule has 0 atom stereocenters. The molecular formula is C18H23N5O3S2. The lowest BCUT2D eigenvalue weighted by molar-refractivity contribution is 0.102. The lowest BCUT2D eigenvalue weighted by atomic mass is 10.1. The van der Waals surface area contributed by atoms with E-state index in [1.807, 2.05) is 10.7 Å². The van der Waals surface area contributed by atoms with Gasteiger partial charge in [-0.15, -0.1) is 5.10 Å². The molecule has 28 heavy (non-hydrogen) atoms. The Labute approximate surface area is 168 Å². The Balaban J connectivity index is 1.45. The highest BCUT2D eigenvalue weighted by Gasteiger charge is 2.29. The first-order valence-electron chi connectivity index (χ1n) is 9.57. The molecule has 8 nitrogen and oxygen atoms in total. The molecule has 0 saturated heterocycles. The fourth-order valence-corrected chi connectivity index (χ4v) is 5.86. The van der Waals surface area contributed by atoms with Crippen LogP contribution in [0.25, 0.3) is 0 Å². The predicted octanol–water partition coefficient (Wildman–Crippen LogP) is 2.48. The number of Topliss-reactive ketones (excluding diaryl/α,β-unsaturated/α-hetero) is 1. The molecule has 0 radical (unpaired) electrons. The average molecular weight is 422 g/mol. The highest BCUT2D eigenvalue weighted by molar-refractivity contribution is 7.99. The third-order valence-electron chi connectivity index (χ3n) is 5.42. The Kier molecular flexibility index (Phi) is 5.42. The summed E-state index contributed by atoms with van der Waals surface area (Å²) in [6, 6.07) is 5.61. The van der Waals surface area contributed by atoms with Crippen LogP contribution in [0.3, 0.4) is 0 Å². The van der Waals surface area contributed by atoms with Crippen molar-refractivity contribution in [1.82, 2.24) is 20.2 Å². The van der Waals surface area contributed by atoms with Gasteiger partial charge in [0.2, 0.25) is 15.2 Å². The summed E-state index contributed by atoms with van der Waals surface area (Å²) in [5.41, 5.74) is 2.20. The standard InChI is InChI=1S/C18H23N5O3S2/c1-2-28(25,26)22-10-9-13-11-14(7-8-16(13)22)17(24)12-27-18-19-20-21-23(18)15-5-3-4-6-15/h7-8,11,15H,2-6,9-10,12H2,1H3. The Morgan fingerprint density at radius 1 is 1.29 bits per heavy atom. The molecule has 1 saturated carbocycles. The number of benzene rings is 1. The van der Waals surface area contributed by atoms with Crippen LogP contribution in [0.4, 0.5) is 5.69 Å². The van der Waals surface area contributed by atoms with E-state index in [2.05, 4.69) is 15.5 Å². The minimum absolute atomic E-state index is 0.00873. The number of carbonyl (C=O) groups excluding carboxylic acids is 1. The van der Waals surface area contributed by atoms with Crippen LogP contribution in [-0.4, -0.2) is 52.5 Å². The largest absolute Gasteiger partial charge is 0.293 e. The van der Waals surface area contributed by atoms with Crippen LogP contribution in [0.2, 0.25) is 0 Å². The smallest absolute Gasteiger partial charge is 0.234 e. The fraction of sp³-hybridized carbons (Fsp3) is 0.556. The van der Waals surface area contributed by atoms with Crippen LogP contribution in [0.15, 0.2) is 23.4 Å². The number of carbonyl (C=O) groups is 1. The van der Waals surface area contributed by atoms with Crippen molar-refractivity contribution in [3.05, 3.63) is 29.3 Å². The van der Waals surface area contributed by atoms with E-state index in [4.69, 9.17) is 0 Å². The summed E-state index contributed by atoms with van der Waals surface area (Å²) in [6.07, 6.45) is 5.16. The summed E-state index contributed by atoms with van der Waals surface area (Å²) in [5.74, 6) is 0.313. The summed E-state index contributed by atoms with van der Waals surface area (Å²) in [6.45, 7) is 2.08. The van der Waals surface area contributed by atoms with E-state index in [9.17, 15) is 13.2 Å². The maximum absolute atomic E-state index is 12.7. The number of ketones is 1. The number of fused-ring (bicyclic) bond motifs is 1. The molecule has 1 aromatic carbocycles. The lowest BCUT2D eigenvalue weighted by Crippen LogP contribution is -2.30. The zero-order valence-corrected chi connectivity index (χ0v) is 17.4. The van der Waals surface area contributed by atoms with Crippen molar-refractivity contribution >= 4 is 33.3 Å². The third-order valence-corrected chi connectivity index (χ3v) is 8.13. The maximum Gasteiger partial charge on any atom is 0.234 e. The van der Waals surface area contributed by atoms with E-state index in [1.165, 1.54) is 28.9 Å². The number of anilines is 1. The molecule has 4 rings (SSSR count). The molecule has 1 aliphatic carbocycles. The van der Waals surface area contributed by atoms with Crippen molar-refractivity contribution < 1.29 is 13.2 Å². The molecule has 10 heteroatoms. The number of hydrogen-bond acceptors (Lipinski definition) is 7. The summed E-state index contributed by atoms with van der Waals surface area (Å²) < 4.78 is 27.7. The summed E-state index contributed by atoms with van der Waals surface area (Å²) in [7, 11) is -3.28. The van der Waals surface area contributed by atoms with Crippen molar-refractivity contribution in [2.24, 2.45) is 0 Å². The average Bonchev–Trinajstić information content (AvgIpc) is 3.45. The number of nitrogens with zero attached hydrogens (tertiary/aromatic N) is 5. The molecule has 150 valence electrons. The number of hydrogen-bond donors (Lipinski definition) is 0. The Bertz CT molecular complexity index is 983. The Morgan fingerprint density at radius 3 is 2.82 bits per heavy atom. The second kappa shape index (κ2) is 7.82. The van der Waals surface area contributed by atoms with Gasteiger partial charge >= 0.3 is 0 Å². The van der Waals surface area contributed by atoms with Crippen molar-refractivity contribution in [3.63, 3.8) is 0 Å². The fourth-order valence-electron chi connectivity index (χ4n) is 3.86. The van der Waals surface area contributed by atoms with E-state index in [1.54, 1.807) is 19.1 Å². The van der Waals surface area contributed by atoms with Gasteiger partial charge in [0.15, 0.2) is 5.78 Å². The van der Waals surface area contributed by atoms with Crippen molar-refractivity contribution in [1.29, 1.82) is 0 Å². The molecule has 2 heterocycles. The molecule has 1 aromatic heterocycles. The SMILES string of the molecule is CCS(=O)(=O)N1CCc2cc(C(=O)CSc3nnnn3C3CCCC3)ccc21. The van der Waals surface area contributed by atoms with E-state index in [-0.39, 0.29) is 17.3 Å². The summed E-state index contributed by atoms with van der Waals surface area (Å²) >= 11 is 1.36. The monoisotopic (exact) mass is 421 g/mol. The quantitative estimate of drug-likeness (QED) is 0.500.